The van der Waals surface area contributed by atoms with E-state index in [4.69, 9.17) is 5.11 Å². The number of phenols is 1. The Bertz CT molecular complexity index is 534. The predicted molar refractivity (Wildman–Crippen MR) is 65.4 cm³/mol. The van der Waals surface area contributed by atoms with Gasteiger partial charge < -0.3 is 10.2 Å². The van der Waals surface area contributed by atoms with Crippen LogP contribution in [0.2, 0.25) is 0 Å². The molecule has 0 aliphatic heterocycles. The minimum Gasteiger partial charge on any atom is -0.507 e. The van der Waals surface area contributed by atoms with Crippen molar-refractivity contribution in [1.29, 1.82) is 0 Å². The van der Waals surface area contributed by atoms with E-state index in [2.05, 4.69) is 0 Å². The van der Waals surface area contributed by atoms with Gasteiger partial charge in [0.25, 0.3) is 5.69 Å². The Balaban J connectivity index is 3.43. The van der Waals surface area contributed by atoms with Gasteiger partial charge in [0.15, 0.2) is 0 Å². The average molecular weight is 251 g/mol. The zero-order valence-corrected chi connectivity index (χ0v) is 10.0. The molecule has 96 valence electrons. The number of carboxylic acid groups (broad SMARTS) is 1. The minimum absolute atomic E-state index is 0.122. The Kier molecular flexibility index (Phi) is 4.04. The molecule has 0 amide bonds. The summed E-state index contributed by atoms with van der Waals surface area (Å²) in [7, 11) is 0. The SMILES string of the molecule is CCc1cc(O)c(C(C)=CC(=O)O)cc1[N+](=O)[O-]. The van der Waals surface area contributed by atoms with Crippen molar-refractivity contribution >= 4 is 17.2 Å². The molecular weight excluding hydrogens is 238 g/mol. The van der Waals surface area contributed by atoms with Crippen molar-refractivity contribution in [3.8, 4) is 5.75 Å². The van der Waals surface area contributed by atoms with E-state index in [0.717, 1.165) is 6.08 Å². The number of nitro benzene ring substituents is 1. The topological polar surface area (TPSA) is 101 Å². The molecule has 1 rings (SSSR count). The first-order valence-corrected chi connectivity index (χ1v) is 5.28. The van der Waals surface area contributed by atoms with Crippen LogP contribution in [0.3, 0.4) is 0 Å². The van der Waals surface area contributed by atoms with Gasteiger partial charge in [-0.05, 0) is 25.0 Å². The third kappa shape index (κ3) is 2.85. The molecule has 0 atom stereocenters. The number of nitrogens with zero attached hydrogens (tertiary/aromatic N) is 1. The van der Waals surface area contributed by atoms with Gasteiger partial charge in [0.2, 0.25) is 0 Å². The molecule has 0 aliphatic rings. The number of phenolic OH excluding ortho intramolecular Hbond substituents is 1. The van der Waals surface area contributed by atoms with Crippen molar-refractivity contribution in [2.75, 3.05) is 0 Å². The molecule has 0 saturated heterocycles. The van der Waals surface area contributed by atoms with Crippen LogP contribution in [0.1, 0.15) is 25.0 Å². The number of aromatic hydroxyl groups is 1. The van der Waals surface area contributed by atoms with Gasteiger partial charge in [-0.25, -0.2) is 4.79 Å². The van der Waals surface area contributed by atoms with Crippen molar-refractivity contribution in [2.24, 2.45) is 0 Å². The monoisotopic (exact) mass is 251 g/mol. The van der Waals surface area contributed by atoms with E-state index in [1.807, 2.05) is 0 Å². The number of rotatable bonds is 4. The van der Waals surface area contributed by atoms with Gasteiger partial charge in [0, 0.05) is 23.3 Å². The molecule has 0 fully saturated rings. The van der Waals surface area contributed by atoms with Crippen LogP contribution in [0.5, 0.6) is 5.75 Å². The van der Waals surface area contributed by atoms with Gasteiger partial charge >= 0.3 is 5.97 Å². The van der Waals surface area contributed by atoms with Crippen LogP contribution < -0.4 is 0 Å². The molecule has 0 aliphatic carbocycles. The number of aliphatic carboxylic acids is 1. The van der Waals surface area contributed by atoms with Crippen LogP contribution in [0.25, 0.3) is 5.57 Å². The molecule has 1 aromatic rings. The van der Waals surface area contributed by atoms with Gasteiger partial charge in [0.05, 0.1) is 4.92 Å². The summed E-state index contributed by atoms with van der Waals surface area (Å²) >= 11 is 0. The number of hydrogen-bond donors (Lipinski definition) is 2. The van der Waals surface area contributed by atoms with Crippen molar-refractivity contribution in [3.05, 3.63) is 39.4 Å². The fourth-order valence-corrected chi connectivity index (χ4v) is 1.65. The lowest BCUT2D eigenvalue weighted by Crippen LogP contribution is -1.97. The van der Waals surface area contributed by atoms with Crippen LogP contribution >= 0.6 is 0 Å². The predicted octanol–water partition coefficient (Wildman–Crippen LogP) is 2.35. The Morgan fingerprint density at radius 1 is 1.50 bits per heavy atom. The average Bonchev–Trinajstić information content (AvgIpc) is 2.26. The first-order valence-electron chi connectivity index (χ1n) is 5.28. The zero-order valence-electron chi connectivity index (χ0n) is 10.0. The van der Waals surface area contributed by atoms with Crippen LogP contribution in [0.15, 0.2) is 18.2 Å². The van der Waals surface area contributed by atoms with Crippen molar-refractivity contribution < 1.29 is 19.9 Å². The number of allylic oxidation sites excluding steroid dienone is 1. The lowest BCUT2D eigenvalue weighted by atomic mass is 10.0. The number of nitro groups is 1. The first-order chi connectivity index (χ1) is 8.36. The highest BCUT2D eigenvalue weighted by molar-refractivity contribution is 5.90. The Labute approximate surface area is 103 Å². The molecule has 6 heteroatoms. The molecule has 1 aromatic carbocycles. The molecule has 0 saturated carbocycles. The third-order valence-corrected chi connectivity index (χ3v) is 2.54. The normalized spacial score (nSPS) is 11.3. The molecule has 18 heavy (non-hydrogen) atoms. The molecule has 0 aromatic heterocycles. The summed E-state index contributed by atoms with van der Waals surface area (Å²) in [4.78, 5) is 20.9. The maximum Gasteiger partial charge on any atom is 0.328 e. The van der Waals surface area contributed by atoms with Gasteiger partial charge in [-0.3, -0.25) is 10.1 Å². The molecule has 0 unspecified atom stereocenters. The Hall–Kier alpha value is -2.37. The fourth-order valence-electron chi connectivity index (χ4n) is 1.65. The number of benzene rings is 1. The maximum atomic E-state index is 10.9. The molecule has 0 spiro atoms. The minimum atomic E-state index is -1.17. The quantitative estimate of drug-likeness (QED) is 0.486. The van der Waals surface area contributed by atoms with Gasteiger partial charge in [0.1, 0.15) is 5.75 Å². The van der Waals surface area contributed by atoms with E-state index in [0.29, 0.717) is 12.0 Å². The second-order valence-corrected chi connectivity index (χ2v) is 3.77. The first kappa shape index (κ1) is 13.7. The summed E-state index contributed by atoms with van der Waals surface area (Å²) in [5.41, 5.74) is 0.694. The molecular formula is C12H13NO5. The second-order valence-electron chi connectivity index (χ2n) is 3.77. The van der Waals surface area contributed by atoms with E-state index in [9.17, 15) is 20.0 Å². The number of hydrogen-bond acceptors (Lipinski definition) is 4. The maximum absolute atomic E-state index is 10.9. The second kappa shape index (κ2) is 5.31. The largest absolute Gasteiger partial charge is 0.507 e. The summed E-state index contributed by atoms with van der Waals surface area (Å²) in [6, 6.07) is 2.50. The molecule has 0 heterocycles. The Morgan fingerprint density at radius 2 is 2.11 bits per heavy atom. The molecule has 2 N–H and O–H groups in total. The van der Waals surface area contributed by atoms with Crippen molar-refractivity contribution in [1.82, 2.24) is 0 Å². The highest BCUT2D eigenvalue weighted by atomic mass is 16.6. The highest BCUT2D eigenvalue weighted by Crippen LogP contribution is 2.32. The van der Waals surface area contributed by atoms with Crippen LogP contribution in [-0.2, 0) is 11.2 Å². The summed E-state index contributed by atoms with van der Waals surface area (Å²) in [6.45, 7) is 3.21. The van der Waals surface area contributed by atoms with Crippen molar-refractivity contribution in [2.45, 2.75) is 20.3 Å². The summed E-state index contributed by atoms with van der Waals surface area (Å²) < 4.78 is 0. The number of aryl methyl sites for hydroxylation is 1. The summed E-state index contributed by atoms with van der Waals surface area (Å²) in [6.07, 6.45) is 1.30. The highest BCUT2D eigenvalue weighted by Gasteiger charge is 2.17. The van der Waals surface area contributed by atoms with Gasteiger partial charge in [-0.2, -0.15) is 0 Å². The summed E-state index contributed by atoms with van der Waals surface area (Å²) in [5.74, 6) is -1.33. The van der Waals surface area contributed by atoms with Crippen LogP contribution in [-0.4, -0.2) is 21.1 Å². The van der Waals surface area contributed by atoms with E-state index in [-0.39, 0.29) is 22.6 Å². The molecule has 0 bridgehead atoms. The standard InChI is InChI=1S/C12H13NO5/c1-3-8-5-11(14)9(6-10(8)13(17)18)7(2)4-12(15)16/h4-6,14H,3H2,1-2H3,(H,15,16). The summed E-state index contributed by atoms with van der Waals surface area (Å²) in [5, 5.41) is 29.3. The lowest BCUT2D eigenvalue weighted by molar-refractivity contribution is -0.385. The van der Waals surface area contributed by atoms with E-state index in [1.165, 1.54) is 19.1 Å². The zero-order chi connectivity index (χ0) is 13.9. The Morgan fingerprint density at radius 3 is 2.56 bits per heavy atom. The van der Waals surface area contributed by atoms with E-state index >= 15 is 0 Å². The fraction of sp³-hybridized carbons (Fsp3) is 0.250. The number of carboxylic acids is 1. The molecule has 6 nitrogen and oxygen atoms in total. The van der Waals surface area contributed by atoms with Crippen LogP contribution in [0, 0.1) is 10.1 Å². The van der Waals surface area contributed by atoms with Crippen LogP contribution in [0.4, 0.5) is 5.69 Å². The van der Waals surface area contributed by atoms with E-state index in [1.54, 1.807) is 6.92 Å². The van der Waals surface area contributed by atoms with Crippen molar-refractivity contribution in [3.63, 3.8) is 0 Å². The molecule has 0 radical (unpaired) electrons. The third-order valence-electron chi connectivity index (χ3n) is 2.54. The van der Waals surface area contributed by atoms with Gasteiger partial charge in [-0.1, -0.05) is 6.92 Å². The smallest absolute Gasteiger partial charge is 0.328 e. The number of carbonyl (C=O) groups is 1. The lowest BCUT2D eigenvalue weighted by Gasteiger charge is -2.07. The van der Waals surface area contributed by atoms with Gasteiger partial charge in [-0.15, -0.1) is 0 Å². The van der Waals surface area contributed by atoms with E-state index < -0.39 is 10.9 Å².